The maximum absolute atomic E-state index is 12.9. The quantitative estimate of drug-likeness (QED) is 0.582. The van der Waals surface area contributed by atoms with E-state index >= 15 is 0 Å². The van der Waals surface area contributed by atoms with Gasteiger partial charge >= 0.3 is 0 Å². The van der Waals surface area contributed by atoms with Gasteiger partial charge in [-0.15, -0.1) is 0 Å². The fraction of sp³-hybridized carbons (Fsp3) is 0.0870. The molecule has 4 aromatic rings. The zero-order valence-corrected chi connectivity index (χ0v) is 15.4. The topological polar surface area (TPSA) is 64.0 Å². The van der Waals surface area contributed by atoms with Crippen molar-refractivity contribution in [2.24, 2.45) is 0 Å². The SMILES string of the molecule is CCn1nc(C(=O)Nc2ccc(-c3ccccc3)cc2)c2ccccc2c1=O. The highest BCUT2D eigenvalue weighted by atomic mass is 16.2. The summed E-state index contributed by atoms with van der Waals surface area (Å²) in [5.41, 5.74) is 2.90. The van der Waals surface area contributed by atoms with E-state index in [9.17, 15) is 9.59 Å². The maximum Gasteiger partial charge on any atom is 0.276 e. The number of aryl methyl sites for hydroxylation is 1. The number of amides is 1. The second kappa shape index (κ2) is 7.48. The zero-order valence-electron chi connectivity index (χ0n) is 15.4. The van der Waals surface area contributed by atoms with Crippen LogP contribution in [0.2, 0.25) is 0 Å². The molecule has 0 saturated heterocycles. The smallest absolute Gasteiger partial charge is 0.276 e. The van der Waals surface area contributed by atoms with E-state index in [4.69, 9.17) is 0 Å². The summed E-state index contributed by atoms with van der Waals surface area (Å²) in [7, 11) is 0. The minimum atomic E-state index is -0.342. The van der Waals surface area contributed by atoms with Gasteiger partial charge in [0.05, 0.1) is 5.39 Å². The van der Waals surface area contributed by atoms with Gasteiger partial charge in [-0.05, 0) is 36.2 Å². The van der Waals surface area contributed by atoms with Crippen LogP contribution >= 0.6 is 0 Å². The second-order valence-corrected chi connectivity index (χ2v) is 6.41. The van der Waals surface area contributed by atoms with E-state index in [0.717, 1.165) is 11.1 Å². The van der Waals surface area contributed by atoms with Crippen molar-refractivity contribution >= 4 is 22.4 Å². The van der Waals surface area contributed by atoms with Crippen molar-refractivity contribution in [2.45, 2.75) is 13.5 Å². The standard InChI is InChI=1S/C23H19N3O2/c1-2-26-23(28)20-11-7-6-10-19(20)21(25-26)22(27)24-18-14-12-17(13-15-18)16-8-4-3-5-9-16/h3-15H,2H2,1H3,(H,24,27). The number of anilines is 1. The number of carbonyl (C=O) groups is 1. The Morgan fingerprint density at radius 2 is 1.46 bits per heavy atom. The number of hydrogen-bond acceptors (Lipinski definition) is 3. The van der Waals surface area contributed by atoms with Crippen molar-refractivity contribution in [3.05, 3.63) is 94.9 Å². The number of carbonyl (C=O) groups excluding carboxylic acids is 1. The van der Waals surface area contributed by atoms with Gasteiger partial charge in [0.1, 0.15) is 0 Å². The average Bonchev–Trinajstić information content (AvgIpc) is 2.75. The third kappa shape index (κ3) is 3.30. The normalized spacial score (nSPS) is 10.8. The highest BCUT2D eigenvalue weighted by Gasteiger charge is 2.16. The van der Waals surface area contributed by atoms with E-state index < -0.39 is 0 Å². The first-order valence-corrected chi connectivity index (χ1v) is 9.14. The van der Waals surface area contributed by atoms with Crippen LogP contribution in [0.1, 0.15) is 17.4 Å². The van der Waals surface area contributed by atoms with Crippen LogP contribution in [0, 0.1) is 0 Å². The molecule has 0 aliphatic carbocycles. The monoisotopic (exact) mass is 369 g/mol. The predicted molar refractivity (Wildman–Crippen MR) is 112 cm³/mol. The van der Waals surface area contributed by atoms with Crippen LogP contribution in [0.5, 0.6) is 0 Å². The Bertz CT molecular complexity index is 1200. The molecule has 1 amide bonds. The van der Waals surface area contributed by atoms with Gasteiger partial charge in [0.15, 0.2) is 5.69 Å². The lowest BCUT2D eigenvalue weighted by Gasteiger charge is -2.10. The largest absolute Gasteiger partial charge is 0.321 e. The highest BCUT2D eigenvalue weighted by Crippen LogP contribution is 2.22. The molecule has 5 heteroatoms. The molecule has 1 aromatic heterocycles. The van der Waals surface area contributed by atoms with E-state index in [1.54, 1.807) is 24.3 Å². The number of aromatic nitrogens is 2. The van der Waals surface area contributed by atoms with Crippen molar-refractivity contribution in [2.75, 3.05) is 5.32 Å². The van der Waals surface area contributed by atoms with Crippen molar-refractivity contribution in [1.29, 1.82) is 0 Å². The molecule has 0 spiro atoms. The lowest BCUT2D eigenvalue weighted by Crippen LogP contribution is -2.27. The van der Waals surface area contributed by atoms with E-state index in [1.807, 2.05) is 61.5 Å². The molecule has 0 aliphatic rings. The Hall–Kier alpha value is -3.73. The van der Waals surface area contributed by atoms with Crippen molar-refractivity contribution < 1.29 is 4.79 Å². The van der Waals surface area contributed by atoms with Crippen LogP contribution in [0.25, 0.3) is 21.9 Å². The van der Waals surface area contributed by atoms with Crippen LogP contribution < -0.4 is 10.9 Å². The van der Waals surface area contributed by atoms with Gasteiger partial charge in [-0.25, -0.2) is 4.68 Å². The van der Waals surface area contributed by atoms with Crippen molar-refractivity contribution in [3.8, 4) is 11.1 Å². The first kappa shape index (κ1) is 17.7. The molecule has 0 atom stereocenters. The third-order valence-electron chi connectivity index (χ3n) is 4.63. The molecule has 0 radical (unpaired) electrons. The number of nitrogens with one attached hydrogen (secondary N) is 1. The number of nitrogens with zero attached hydrogens (tertiary/aromatic N) is 2. The molecular weight excluding hydrogens is 350 g/mol. The van der Waals surface area contributed by atoms with Crippen LogP contribution in [0.4, 0.5) is 5.69 Å². The number of hydrogen-bond donors (Lipinski definition) is 1. The van der Waals surface area contributed by atoms with Crippen molar-refractivity contribution in [3.63, 3.8) is 0 Å². The fourth-order valence-electron chi connectivity index (χ4n) is 3.18. The Labute approximate surface area is 162 Å². The average molecular weight is 369 g/mol. The summed E-state index contributed by atoms with van der Waals surface area (Å²) < 4.78 is 1.32. The van der Waals surface area contributed by atoms with Gasteiger partial charge < -0.3 is 5.32 Å². The summed E-state index contributed by atoms with van der Waals surface area (Å²) in [6, 6.07) is 24.7. The van der Waals surface area contributed by atoms with E-state index in [2.05, 4.69) is 10.4 Å². The lowest BCUT2D eigenvalue weighted by atomic mass is 10.1. The molecule has 3 aromatic carbocycles. The number of rotatable bonds is 4. The van der Waals surface area contributed by atoms with Crippen LogP contribution in [0.15, 0.2) is 83.7 Å². The van der Waals surface area contributed by atoms with Crippen molar-refractivity contribution in [1.82, 2.24) is 9.78 Å². The molecule has 0 fully saturated rings. The van der Waals surface area contributed by atoms with E-state index in [1.165, 1.54) is 4.68 Å². The van der Waals surface area contributed by atoms with Gasteiger partial charge in [0.25, 0.3) is 11.5 Å². The first-order chi connectivity index (χ1) is 13.7. The summed E-state index contributed by atoms with van der Waals surface area (Å²) in [6.45, 7) is 2.23. The van der Waals surface area contributed by atoms with Crippen LogP contribution in [-0.4, -0.2) is 15.7 Å². The summed E-state index contributed by atoms with van der Waals surface area (Å²) in [4.78, 5) is 25.3. The lowest BCUT2D eigenvalue weighted by molar-refractivity contribution is 0.102. The first-order valence-electron chi connectivity index (χ1n) is 9.14. The Kier molecular flexibility index (Phi) is 4.72. The van der Waals surface area contributed by atoms with Gasteiger partial charge in [-0.1, -0.05) is 60.7 Å². The molecule has 0 bridgehead atoms. The number of fused-ring (bicyclic) bond motifs is 1. The molecule has 28 heavy (non-hydrogen) atoms. The third-order valence-corrected chi connectivity index (χ3v) is 4.63. The summed E-state index contributed by atoms with van der Waals surface area (Å²) in [6.07, 6.45) is 0. The molecular formula is C23H19N3O2. The summed E-state index contributed by atoms with van der Waals surface area (Å²) in [5, 5.41) is 8.20. The van der Waals surface area contributed by atoms with Gasteiger partial charge in [-0.2, -0.15) is 5.10 Å². The Morgan fingerprint density at radius 1 is 0.857 bits per heavy atom. The summed E-state index contributed by atoms with van der Waals surface area (Å²) >= 11 is 0. The molecule has 138 valence electrons. The van der Waals surface area contributed by atoms with Crippen LogP contribution in [-0.2, 0) is 6.54 Å². The minimum absolute atomic E-state index is 0.193. The summed E-state index contributed by atoms with van der Waals surface area (Å²) in [5.74, 6) is -0.342. The van der Waals surface area contributed by atoms with E-state index in [-0.39, 0.29) is 17.2 Å². The maximum atomic E-state index is 12.9. The van der Waals surface area contributed by atoms with E-state index in [0.29, 0.717) is 23.0 Å². The highest BCUT2D eigenvalue weighted by molar-refractivity contribution is 6.11. The molecule has 4 rings (SSSR count). The molecule has 0 saturated carbocycles. The second-order valence-electron chi connectivity index (χ2n) is 6.41. The Morgan fingerprint density at radius 3 is 2.14 bits per heavy atom. The van der Waals surface area contributed by atoms with Gasteiger partial charge in [0.2, 0.25) is 0 Å². The molecule has 0 aliphatic heterocycles. The molecule has 0 unspecified atom stereocenters. The van der Waals surface area contributed by atoms with Crippen LogP contribution in [0.3, 0.4) is 0 Å². The predicted octanol–water partition coefficient (Wildman–Crippen LogP) is 4.34. The zero-order chi connectivity index (χ0) is 19.5. The molecule has 5 nitrogen and oxygen atoms in total. The minimum Gasteiger partial charge on any atom is -0.321 e. The fourth-order valence-corrected chi connectivity index (χ4v) is 3.18. The van der Waals surface area contributed by atoms with Gasteiger partial charge in [-0.3, -0.25) is 9.59 Å². The molecule has 1 heterocycles. The number of benzene rings is 3. The molecule has 1 N–H and O–H groups in total. The Balaban J connectivity index is 1.66. The van der Waals surface area contributed by atoms with Gasteiger partial charge in [0, 0.05) is 17.6 Å².